The smallest absolute Gasteiger partial charge is 0.263 e. The highest BCUT2D eigenvalue weighted by molar-refractivity contribution is 9.10. The van der Waals surface area contributed by atoms with Gasteiger partial charge in [0.1, 0.15) is 4.83 Å². The Hall–Kier alpha value is -1.89. The third kappa shape index (κ3) is 3.37. The van der Waals surface area contributed by atoms with E-state index in [-0.39, 0.29) is 5.56 Å². The van der Waals surface area contributed by atoms with E-state index in [1.54, 1.807) is 23.1 Å². The fourth-order valence-corrected chi connectivity index (χ4v) is 6.52. The first kappa shape index (κ1) is 19.1. The highest BCUT2D eigenvalue weighted by Gasteiger charge is 2.24. The monoisotopic (exact) mass is 482 g/mol. The van der Waals surface area contributed by atoms with E-state index in [1.807, 2.05) is 23.6 Å². The van der Waals surface area contributed by atoms with Gasteiger partial charge in [0, 0.05) is 21.6 Å². The van der Waals surface area contributed by atoms with Crippen LogP contribution in [0.1, 0.15) is 23.6 Å². The quantitative estimate of drug-likeness (QED) is 0.253. The average Bonchev–Trinajstić information content (AvgIpc) is 3.12. The van der Waals surface area contributed by atoms with Gasteiger partial charge in [0.15, 0.2) is 5.16 Å². The minimum Gasteiger partial charge on any atom is -0.287 e. The number of rotatable bonds is 4. The van der Waals surface area contributed by atoms with Gasteiger partial charge in [0.25, 0.3) is 5.56 Å². The lowest BCUT2D eigenvalue weighted by Gasteiger charge is -2.16. The highest BCUT2D eigenvalue weighted by atomic mass is 79.9. The SMILES string of the molecule is CCn1c(SCc2ccc(Br)cc2)nc2sc3c(c2c1=O)CCc1ccccc1-3. The van der Waals surface area contributed by atoms with Crippen molar-refractivity contribution in [2.45, 2.75) is 37.2 Å². The number of hydrogen-bond donors (Lipinski definition) is 0. The van der Waals surface area contributed by atoms with Crippen LogP contribution in [0, 0.1) is 0 Å². The van der Waals surface area contributed by atoms with E-state index >= 15 is 0 Å². The zero-order chi connectivity index (χ0) is 20.0. The lowest BCUT2D eigenvalue weighted by molar-refractivity contribution is 0.635. The molecule has 4 aromatic rings. The van der Waals surface area contributed by atoms with Gasteiger partial charge in [-0.05, 0) is 54.2 Å². The van der Waals surface area contributed by atoms with E-state index < -0.39 is 0 Å². The van der Waals surface area contributed by atoms with E-state index in [0.29, 0.717) is 6.54 Å². The van der Waals surface area contributed by atoms with Crippen molar-refractivity contribution in [3.63, 3.8) is 0 Å². The molecule has 1 aliphatic carbocycles. The minimum absolute atomic E-state index is 0.104. The Kier molecular flexibility index (Phi) is 5.10. The van der Waals surface area contributed by atoms with Crippen molar-refractivity contribution < 1.29 is 0 Å². The second-order valence-corrected chi connectivity index (χ2v) is 9.96. The van der Waals surface area contributed by atoms with Crippen LogP contribution in [0.2, 0.25) is 0 Å². The molecule has 0 saturated carbocycles. The minimum atomic E-state index is 0.104. The Morgan fingerprint density at radius 2 is 1.93 bits per heavy atom. The molecule has 5 rings (SSSR count). The number of aryl methyl sites for hydroxylation is 2. The van der Waals surface area contributed by atoms with Crippen molar-refractivity contribution in [1.29, 1.82) is 0 Å². The number of thioether (sulfide) groups is 1. The zero-order valence-corrected chi connectivity index (χ0v) is 19.2. The largest absolute Gasteiger partial charge is 0.287 e. The lowest BCUT2D eigenvalue weighted by Crippen LogP contribution is -2.23. The molecule has 0 amide bonds. The summed E-state index contributed by atoms with van der Waals surface area (Å²) in [6.07, 6.45) is 1.90. The van der Waals surface area contributed by atoms with Gasteiger partial charge in [-0.1, -0.05) is 64.1 Å². The molecule has 1 aliphatic rings. The maximum Gasteiger partial charge on any atom is 0.263 e. The normalized spacial score (nSPS) is 12.8. The topological polar surface area (TPSA) is 34.9 Å². The molecule has 2 aromatic carbocycles. The molecular weight excluding hydrogens is 464 g/mol. The van der Waals surface area contributed by atoms with E-state index in [1.165, 1.54) is 27.1 Å². The Morgan fingerprint density at radius 3 is 2.72 bits per heavy atom. The first-order chi connectivity index (χ1) is 14.2. The molecule has 0 aliphatic heterocycles. The van der Waals surface area contributed by atoms with Crippen LogP contribution in [0.25, 0.3) is 20.7 Å². The molecule has 2 aromatic heterocycles. The van der Waals surface area contributed by atoms with Crippen molar-refractivity contribution in [3.8, 4) is 10.4 Å². The van der Waals surface area contributed by atoms with Crippen LogP contribution in [0.15, 0.2) is 63.0 Å². The second-order valence-electron chi connectivity index (χ2n) is 7.11. The average molecular weight is 483 g/mol. The number of nitrogens with zero attached hydrogens (tertiary/aromatic N) is 2. The summed E-state index contributed by atoms with van der Waals surface area (Å²) in [6, 6.07) is 16.8. The summed E-state index contributed by atoms with van der Waals surface area (Å²) in [7, 11) is 0. The fraction of sp³-hybridized carbons (Fsp3) is 0.217. The number of halogens is 1. The summed E-state index contributed by atoms with van der Waals surface area (Å²) in [5, 5.41) is 1.63. The van der Waals surface area contributed by atoms with Crippen LogP contribution in [0.5, 0.6) is 0 Å². The van der Waals surface area contributed by atoms with E-state index in [0.717, 1.165) is 38.4 Å². The standard InChI is InChI=1S/C23H19BrN2OS2/c1-2-26-22(27)19-18-12-9-15-5-3-4-6-17(15)20(18)29-21(19)25-23(26)28-13-14-7-10-16(24)11-8-14/h3-8,10-11H,2,9,12-13H2,1H3. The maximum absolute atomic E-state index is 13.4. The predicted molar refractivity (Wildman–Crippen MR) is 126 cm³/mol. The Morgan fingerprint density at radius 1 is 1.14 bits per heavy atom. The molecule has 3 nitrogen and oxygen atoms in total. The van der Waals surface area contributed by atoms with Crippen molar-refractivity contribution in [2.24, 2.45) is 0 Å². The summed E-state index contributed by atoms with van der Waals surface area (Å²) in [6.45, 7) is 2.65. The molecular formula is C23H19BrN2OS2. The zero-order valence-electron chi connectivity index (χ0n) is 15.9. The van der Waals surface area contributed by atoms with E-state index in [4.69, 9.17) is 4.98 Å². The number of hydrogen-bond acceptors (Lipinski definition) is 4. The molecule has 0 bridgehead atoms. The van der Waals surface area contributed by atoms with Gasteiger partial charge in [-0.15, -0.1) is 11.3 Å². The molecule has 0 radical (unpaired) electrons. The molecule has 146 valence electrons. The van der Waals surface area contributed by atoms with Gasteiger partial charge in [0.05, 0.1) is 5.39 Å². The van der Waals surface area contributed by atoms with Crippen molar-refractivity contribution in [3.05, 3.63) is 80.0 Å². The fourth-order valence-electron chi connectivity index (χ4n) is 3.91. The molecule has 0 atom stereocenters. The molecule has 0 unspecified atom stereocenters. The predicted octanol–water partition coefficient (Wildman–Crippen LogP) is 6.30. The molecule has 2 heterocycles. The highest BCUT2D eigenvalue weighted by Crippen LogP contribution is 2.42. The van der Waals surface area contributed by atoms with Crippen LogP contribution in [0.3, 0.4) is 0 Å². The molecule has 6 heteroatoms. The maximum atomic E-state index is 13.4. The third-order valence-corrected chi connectivity index (χ3v) is 8.11. The van der Waals surface area contributed by atoms with Gasteiger partial charge < -0.3 is 0 Å². The lowest BCUT2D eigenvalue weighted by atomic mass is 9.90. The molecule has 0 saturated heterocycles. The van der Waals surface area contributed by atoms with Crippen molar-refractivity contribution in [2.75, 3.05) is 0 Å². The van der Waals surface area contributed by atoms with Crippen molar-refractivity contribution in [1.82, 2.24) is 9.55 Å². The Balaban J connectivity index is 1.60. The van der Waals surface area contributed by atoms with Crippen LogP contribution in [0.4, 0.5) is 0 Å². The number of fused-ring (bicyclic) bond motifs is 5. The Labute approximate surface area is 185 Å². The first-order valence-electron chi connectivity index (χ1n) is 9.67. The second kappa shape index (κ2) is 7.74. The molecule has 0 N–H and O–H groups in total. The van der Waals surface area contributed by atoms with Crippen LogP contribution in [-0.4, -0.2) is 9.55 Å². The Bertz CT molecular complexity index is 1270. The van der Waals surface area contributed by atoms with Crippen molar-refractivity contribution >= 4 is 49.2 Å². The number of aromatic nitrogens is 2. The van der Waals surface area contributed by atoms with Crippen LogP contribution >= 0.6 is 39.0 Å². The summed E-state index contributed by atoms with van der Waals surface area (Å²) in [5.74, 6) is 0.791. The summed E-state index contributed by atoms with van der Waals surface area (Å²) >= 11 is 6.78. The number of benzene rings is 2. The van der Waals surface area contributed by atoms with Gasteiger partial charge >= 0.3 is 0 Å². The molecule has 29 heavy (non-hydrogen) atoms. The van der Waals surface area contributed by atoms with E-state index in [2.05, 4.69) is 52.3 Å². The summed E-state index contributed by atoms with van der Waals surface area (Å²) in [5.41, 5.74) is 5.14. The first-order valence-corrected chi connectivity index (χ1v) is 12.3. The third-order valence-electron chi connectivity index (χ3n) is 5.38. The van der Waals surface area contributed by atoms with Crippen LogP contribution < -0.4 is 5.56 Å². The summed E-state index contributed by atoms with van der Waals surface area (Å²) in [4.78, 5) is 20.4. The molecule has 0 fully saturated rings. The number of thiophene rings is 1. The van der Waals surface area contributed by atoms with Gasteiger partial charge in [-0.25, -0.2) is 4.98 Å². The van der Waals surface area contributed by atoms with Gasteiger partial charge in [0.2, 0.25) is 0 Å². The summed E-state index contributed by atoms with van der Waals surface area (Å²) < 4.78 is 2.90. The van der Waals surface area contributed by atoms with Gasteiger partial charge in [-0.3, -0.25) is 9.36 Å². The molecule has 0 spiro atoms. The van der Waals surface area contributed by atoms with E-state index in [9.17, 15) is 4.79 Å². The van der Waals surface area contributed by atoms with Gasteiger partial charge in [-0.2, -0.15) is 0 Å². The van der Waals surface area contributed by atoms with Crippen LogP contribution in [-0.2, 0) is 25.1 Å².